The van der Waals surface area contributed by atoms with Crippen LogP contribution >= 0.6 is 0 Å². The zero-order chi connectivity index (χ0) is 18.0. The van der Waals surface area contributed by atoms with Gasteiger partial charge in [0.25, 0.3) is 0 Å². The van der Waals surface area contributed by atoms with E-state index in [9.17, 15) is 15.2 Å². The molecule has 1 aromatic carbocycles. The number of aliphatic hydroxyl groups excluding tert-OH is 1. The minimum Gasteiger partial charge on any atom is -0.490 e. The molecule has 1 N–H and O–H groups in total. The summed E-state index contributed by atoms with van der Waals surface area (Å²) in [5.74, 6) is 0.957. The second kappa shape index (κ2) is 7.10. The predicted molar refractivity (Wildman–Crippen MR) is 92.8 cm³/mol. The van der Waals surface area contributed by atoms with Crippen LogP contribution in [0.3, 0.4) is 0 Å². The Morgan fingerprint density at radius 3 is 2.92 bits per heavy atom. The van der Waals surface area contributed by atoms with Gasteiger partial charge >= 0.3 is 5.69 Å². The van der Waals surface area contributed by atoms with Crippen LogP contribution in [0.4, 0.5) is 11.4 Å². The van der Waals surface area contributed by atoms with E-state index in [1.807, 2.05) is 17.8 Å². The summed E-state index contributed by atoms with van der Waals surface area (Å²) in [6, 6.07) is 4.89. The average molecular weight is 346 g/mol. The van der Waals surface area contributed by atoms with Crippen molar-refractivity contribution in [3.8, 4) is 5.75 Å². The molecule has 1 aliphatic heterocycles. The smallest absolute Gasteiger partial charge is 0.311 e. The number of hydrogen-bond acceptors (Lipinski definition) is 6. The van der Waals surface area contributed by atoms with E-state index in [2.05, 4.69) is 9.88 Å². The number of methoxy groups -OCH3 is 1. The van der Waals surface area contributed by atoms with Crippen molar-refractivity contribution in [2.45, 2.75) is 18.9 Å². The molecular weight excluding hydrogens is 324 g/mol. The van der Waals surface area contributed by atoms with Crippen molar-refractivity contribution < 1.29 is 14.8 Å². The highest BCUT2D eigenvalue weighted by molar-refractivity contribution is 5.59. The Bertz CT molecular complexity index is 761. The Hall–Kier alpha value is -2.61. The van der Waals surface area contributed by atoms with Crippen molar-refractivity contribution in [3.63, 3.8) is 0 Å². The second-order valence-corrected chi connectivity index (χ2v) is 6.30. The molecule has 0 unspecified atom stereocenters. The number of piperidine rings is 1. The summed E-state index contributed by atoms with van der Waals surface area (Å²) in [6.07, 6.45) is 4.71. The SMILES string of the molecule is COc1cc(N2CCC[C@@H]([C@H](O)c3nccn3C)C2)ccc1[N+](=O)[O-]. The number of nitro benzene ring substituents is 1. The number of nitro groups is 1. The van der Waals surface area contributed by atoms with Gasteiger partial charge in [0.2, 0.25) is 0 Å². The van der Waals surface area contributed by atoms with Crippen molar-refractivity contribution in [2.24, 2.45) is 13.0 Å². The first-order chi connectivity index (χ1) is 12.0. The number of aryl methyl sites for hydroxylation is 1. The van der Waals surface area contributed by atoms with Gasteiger partial charge < -0.3 is 19.3 Å². The van der Waals surface area contributed by atoms with Gasteiger partial charge in [-0.1, -0.05) is 0 Å². The number of anilines is 1. The van der Waals surface area contributed by atoms with Gasteiger partial charge in [0, 0.05) is 56.3 Å². The summed E-state index contributed by atoms with van der Waals surface area (Å²) < 4.78 is 6.99. The van der Waals surface area contributed by atoms with Gasteiger partial charge in [-0.2, -0.15) is 0 Å². The van der Waals surface area contributed by atoms with Crippen LogP contribution in [0.1, 0.15) is 24.8 Å². The summed E-state index contributed by atoms with van der Waals surface area (Å²) in [4.78, 5) is 17.0. The molecule has 3 rings (SSSR count). The first-order valence-corrected chi connectivity index (χ1v) is 8.24. The summed E-state index contributed by atoms with van der Waals surface area (Å²) in [6.45, 7) is 1.50. The minimum atomic E-state index is -0.636. The second-order valence-electron chi connectivity index (χ2n) is 6.30. The first kappa shape index (κ1) is 17.2. The maximum Gasteiger partial charge on any atom is 0.311 e. The Labute approximate surface area is 145 Å². The van der Waals surface area contributed by atoms with Crippen molar-refractivity contribution in [3.05, 3.63) is 46.5 Å². The Morgan fingerprint density at radius 2 is 2.28 bits per heavy atom. The summed E-state index contributed by atoms with van der Waals surface area (Å²) in [5.41, 5.74) is 0.812. The largest absolute Gasteiger partial charge is 0.490 e. The van der Waals surface area contributed by atoms with E-state index in [-0.39, 0.29) is 17.4 Å². The highest BCUT2D eigenvalue weighted by Gasteiger charge is 2.30. The fraction of sp³-hybridized carbons (Fsp3) is 0.471. The molecule has 134 valence electrons. The van der Waals surface area contributed by atoms with E-state index in [1.54, 1.807) is 18.3 Å². The lowest BCUT2D eigenvalue weighted by Gasteiger charge is -2.36. The van der Waals surface area contributed by atoms with Gasteiger partial charge in [0.15, 0.2) is 5.75 Å². The molecule has 1 fully saturated rings. The average Bonchev–Trinajstić information content (AvgIpc) is 3.06. The minimum absolute atomic E-state index is 0.0483. The fourth-order valence-corrected chi connectivity index (χ4v) is 3.39. The normalized spacial score (nSPS) is 18.8. The van der Waals surface area contributed by atoms with Gasteiger partial charge in [-0.25, -0.2) is 4.98 Å². The lowest BCUT2D eigenvalue weighted by molar-refractivity contribution is -0.385. The van der Waals surface area contributed by atoms with Gasteiger partial charge in [-0.3, -0.25) is 10.1 Å². The van der Waals surface area contributed by atoms with Crippen LogP contribution in [-0.2, 0) is 7.05 Å². The van der Waals surface area contributed by atoms with Crippen LogP contribution in [0, 0.1) is 16.0 Å². The summed E-state index contributed by atoms with van der Waals surface area (Å²) in [5, 5.41) is 21.7. The number of benzene rings is 1. The molecule has 2 atom stereocenters. The number of hydrogen-bond donors (Lipinski definition) is 1. The molecule has 0 saturated carbocycles. The zero-order valence-electron chi connectivity index (χ0n) is 14.3. The number of aliphatic hydroxyl groups is 1. The van der Waals surface area contributed by atoms with Crippen LogP contribution in [0.2, 0.25) is 0 Å². The molecule has 0 amide bonds. The molecular formula is C17H22N4O4. The van der Waals surface area contributed by atoms with E-state index in [4.69, 9.17) is 4.74 Å². The number of rotatable bonds is 5. The molecule has 1 saturated heterocycles. The molecule has 0 spiro atoms. The maximum absolute atomic E-state index is 11.0. The fourth-order valence-electron chi connectivity index (χ4n) is 3.39. The predicted octanol–water partition coefficient (Wildman–Crippen LogP) is 2.29. The van der Waals surface area contributed by atoms with Crippen molar-refractivity contribution in [1.82, 2.24) is 9.55 Å². The van der Waals surface area contributed by atoms with Crippen LogP contribution < -0.4 is 9.64 Å². The van der Waals surface area contributed by atoms with E-state index < -0.39 is 11.0 Å². The number of nitrogens with zero attached hydrogens (tertiary/aromatic N) is 4. The van der Waals surface area contributed by atoms with Crippen LogP contribution in [-0.4, -0.2) is 39.8 Å². The third-order valence-electron chi connectivity index (χ3n) is 4.75. The number of ether oxygens (including phenoxy) is 1. The van der Waals surface area contributed by atoms with E-state index in [0.717, 1.165) is 25.1 Å². The molecule has 25 heavy (non-hydrogen) atoms. The number of aromatic nitrogens is 2. The number of imidazole rings is 1. The summed E-state index contributed by atoms with van der Waals surface area (Å²) in [7, 11) is 3.29. The van der Waals surface area contributed by atoms with E-state index in [1.165, 1.54) is 13.2 Å². The van der Waals surface area contributed by atoms with Gasteiger partial charge in [0.05, 0.1) is 12.0 Å². The molecule has 0 aliphatic carbocycles. The zero-order valence-corrected chi connectivity index (χ0v) is 14.3. The molecule has 0 bridgehead atoms. The quantitative estimate of drug-likeness (QED) is 0.659. The Balaban J connectivity index is 1.79. The Kier molecular flexibility index (Phi) is 4.89. The topological polar surface area (TPSA) is 93.7 Å². The molecule has 2 heterocycles. The van der Waals surface area contributed by atoms with Crippen molar-refractivity contribution in [2.75, 3.05) is 25.1 Å². The molecule has 8 nitrogen and oxygen atoms in total. The maximum atomic E-state index is 11.0. The molecule has 1 aromatic heterocycles. The van der Waals surface area contributed by atoms with Crippen molar-refractivity contribution in [1.29, 1.82) is 0 Å². The third kappa shape index (κ3) is 3.43. The van der Waals surface area contributed by atoms with Crippen LogP contribution in [0.5, 0.6) is 5.75 Å². The molecule has 8 heteroatoms. The highest BCUT2D eigenvalue weighted by atomic mass is 16.6. The molecule has 1 aliphatic rings. The molecule has 2 aromatic rings. The Morgan fingerprint density at radius 1 is 1.48 bits per heavy atom. The third-order valence-corrected chi connectivity index (χ3v) is 4.75. The lowest BCUT2D eigenvalue weighted by atomic mass is 9.91. The van der Waals surface area contributed by atoms with Crippen molar-refractivity contribution >= 4 is 11.4 Å². The lowest BCUT2D eigenvalue weighted by Crippen LogP contribution is -2.38. The monoisotopic (exact) mass is 346 g/mol. The van der Waals surface area contributed by atoms with E-state index in [0.29, 0.717) is 12.4 Å². The van der Waals surface area contributed by atoms with E-state index >= 15 is 0 Å². The van der Waals surface area contributed by atoms with Gasteiger partial charge in [-0.15, -0.1) is 0 Å². The van der Waals surface area contributed by atoms with Gasteiger partial charge in [-0.05, 0) is 18.9 Å². The standard InChI is InChI=1S/C17H22N4O4/c1-19-9-7-18-17(19)16(22)12-4-3-8-20(11-12)13-5-6-14(21(23)24)15(10-13)25-2/h5-7,9-10,12,16,22H,3-4,8,11H2,1-2H3/t12-,16+/m1/s1. The summed E-state index contributed by atoms with van der Waals surface area (Å²) >= 11 is 0. The molecule has 0 radical (unpaired) electrons. The van der Waals surface area contributed by atoms with Crippen LogP contribution in [0.15, 0.2) is 30.6 Å². The first-order valence-electron chi connectivity index (χ1n) is 8.24. The van der Waals surface area contributed by atoms with Crippen LogP contribution in [0.25, 0.3) is 0 Å². The highest BCUT2D eigenvalue weighted by Crippen LogP contribution is 2.35. The van der Waals surface area contributed by atoms with Gasteiger partial charge in [0.1, 0.15) is 11.9 Å².